The lowest BCUT2D eigenvalue weighted by Gasteiger charge is -2.19. The van der Waals surface area contributed by atoms with Crippen molar-refractivity contribution in [1.82, 2.24) is 0 Å². The highest BCUT2D eigenvalue weighted by molar-refractivity contribution is 9.10. The lowest BCUT2D eigenvalue weighted by molar-refractivity contribution is 0.725. The monoisotopic (exact) mass is 278 g/mol. The summed E-state index contributed by atoms with van der Waals surface area (Å²) in [6.45, 7) is 3.41. The lowest BCUT2D eigenvalue weighted by Crippen LogP contribution is -2.20. The number of nitriles is 1. The van der Waals surface area contributed by atoms with Crippen LogP contribution in [0.25, 0.3) is 0 Å². The molecule has 0 aliphatic heterocycles. The summed E-state index contributed by atoms with van der Waals surface area (Å²) in [5.41, 5.74) is 1.86. The minimum Gasteiger partial charge on any atom is -0.374 e. The largest absolute Gasteiger partial charge is 0.374 e. The van der Waals surface area contributed by atoms with Crippen molar-refractivity contribution < 1.29 is 0 Å². The first-order valence-electron chi connectivity index (χ1n) is 5.52. The normalized spacial score (nSPS) is 22.6. The minimum atomic E-state index is 0.692. The number of hydrogen-bond donors (Lipinski definition) is 0. The van der Waals surface area contributed by atoms with Crippen LogP contribution in [0.1, 0.15) is 18.9 Å². The molecule has 1 fully saturated rings. The van der Waals surface area contributed by atoms with Crippen molar-refractivity contribution in [1.29, 1.82) is 5.26 Å². The molecule has 0 saturated heterocycles. The van der Waals surface area contributed by atoms with Crippen molar-refractivity contribution in [3.8, 4) is 6.07 Å². The molecule has 0 N–H and O–H groups in total. The van der Waals surface area contributed by atoms with Gasteiger partial charge in [0.2, 0.25) is 0 Å². The van der Waals surface area contributed by atoms with Gasteiger partial charge in [-0.3, -0.25) is 0 Å². The first-order valence-corrected chi connectivity index (χ1v) is 6.32. The van der Waals surface area contributed by atoms with E-state index in [0.29, 0.717) is 5.56 Å². The Kier molecular flexibility index (Phi) is 3.20. The Hall–Kier alpha value is -1.01. The van der Waals surface area contributed by atoms with Gasteiger partial charge in [0.05, 0.1) is 5.56 Å². The highest BCUT2D eigenvalue weighted by atomic mass is 79.9. The van der Waals surface area contributed by atoms with Crippen LogP contribution in [0.4, 0.5) is 5.69 Å². The van der Waals surface area contributed by atoms with E-state index in [4.69, 9.17) is 5.26 Å². The number of hydrogen-bond acceptors (Lipinski definition) is 2. The molecule has 0 amide bonds. The van der Waals surface area contributed by atoms with E-state index in [0.717, 1.165) is 22.9 Å². The van der Waals surface area contributed by atoms with Gasteiger partial charge >= 0.3 is 0 Å². The summed E-state index contributed by atoms with van der Waals surface area (Å²) in [6, 6.07) is 8.05. The summed E-state index contributed by atoms with van der Waals surface area (Å²) >= 11 is 3.42. The summed E-state index contributed by atoms with van der Waals surface area (Å²) in [7, 11) is 2.11. The van der Waals surface area contributed by atoms with Gasteiger partial charge < -0.3 is 4.90 Å². The fourth-order valence-corrected chi connectivity index (χ4v) is 2.40. The van der Waals surface area contributed by atoms with E-state index in [9.17, 15) is 0 Å². The smallest absolute Gasteiger partial charge is 0.100 e. The maximum absolute atomic E-state index is 8.84. The predicted octanol–water partition coefficient (Wildman–Crippen LogP) is 3.41. The summed E-state index contributed by atoms with van der Waals surface area (Å²) in [5.74, 6) is 1.73. The highest BCUT2D eigenvalue weighted by Gasteiger charge is 2.33. The van der Waals surface area contributed by atoms with E-state index in [1.807, 2.05) is 18.2 Å². The molecule has 2 nitrogen and oxygen atoms in total. The van der Waals surface area contributed by atoms with Crippen LogP contribution in [0.3, 0.4) is 0 Å². The van der Waals surface area contributed by atoms with Crippen molar-refractivity contribution in [2.45, 2.75) is 13.3 Å². The van der Waals surface area contributed by atoms with Crippen LogP contribution in [0.5, 0.6) is 0 Å². The van der Waals surface area contributed by atoms with Gasteiger partial charge in [-0.2, -0.15) is 5.26 Å². The van der Waals surface area contributed by atoms with Crippen molar-refractivity contribution in [2.75, 3.05) is 18.5 Å². The number of anilines is 1. The summed E-state index contributed by atoms with van der Waals surface area (Å²) in [5, 5.41) is 8.84. The fourth-order valence-electron chi connectivity index (χ4n) is 1.94. The molecule has 16 heavy (non-hydrogen) atoms. The zero-order chi connectivity index (χ0) is 11.7. The molecule has 84 valence electrons. The maximum atomic E-state index is 8.84. The van der Waals surface area contributed by atoms with Crippen molar-refractivity contribution in [3.63, 3.8) is 0 Å². The van der Waals surface area contributed by atoms with E-state index in [1.165, 1.54) is 12.1 Å². The zero-order valence-corrected chi connectivity index (χ0v) is 11.2. The molecule has 0 aromatic heterocycles. The summed E-state index contributed by atoms with van der Waals surface area (Å²) in [4.78, 5) is 2.26. The van der Waals surface area contributed by atoms with E-state index in [1.54, 1.807) is 0 Å². The van der Waals surface area contributed by atoms with Crippen LogP contribution in [0.2, 0.25) is 0 Å². The molecule has 3 heteroatoms. The van der Waals surface area contributed by atoms with E-state index >= 15 is 0 Å². The standard InChI is InChI=1S/C13H15BrN2/c1-9-5-11(9)8-16(2)12-4-3-10(7-15)13(14)6-12/h3-4,6,9,11H,5,8H2,1-2H3. The molecule has 2 rings (SSSR count). The van der Waals surface area contributed by atoms with Crippen LogP contribution < -0.4 is 4.90 Å². The Bertz CT molecular complexity index is 436. The fraction of sp³-hybridized carbons (Fsp3) is 0.462. The molecular weight excluding hydrogens is 264 g/mol. The third-order valence-electron chi connectivity index (χ3n) is 3.30. The van der Waals surface area contributed by atoms with Gasteiger partial charge in [-0.1, -0.05) is 6.92 Å². The Balaban J connectivity index is 2.09. The van der Waals surface area contributed by atoms with Crippen LogP contribution in [-0.4, -0.2) is 13.6 Å². The quantitative estimate of drug-likeness (QED) is 0.847. The second-order valence-electron chi connectivity index (χ2n) is 4.63. The Morgan fingerprint density at radius 1 is 1.56 bits per heavy atom. The lowest BCUT2D eigenvalue weighted by atomic mass is 10.2. The molecule has 1 aromatic carbocycles. The van der Waals surface area contributed by atoms with Gasteiger partial charge in [0.15, 0.2) is 0 Å². The Morgan fingerprint density at radius 2 is 2.25 bits per heavy atom. The number of rotatable bonds is 3. The van der Waals surface area contributed by atoms with Crippen molar-refractivity contribution >= 4 is 21.6 Å². The second-order valence-corrected chi connectivity index (χ2v) is 5.48. The molecule has 0 heterocycles. The van der Waals surface area contributed by atoms with Crippen LogP contribution >= 0.6 is 15.9 Å². The molecule has 0 bridgehead atoms. The van der Waals surface area contributed by atoms with Gasteiger partial charge in [0.1, 0.15) is 6.07 Å². The molecule has 1 aliphatic carbocycles. The number of benzene rings is 1. The third-order valence-corrected chi connectivity index (χ3v) is 3.95. The van der Waals surface area contributed by atoms with Crippen LogP contribution in [0, 0.1) is 23.2 Å². The maximum Gasteiger partial charge on any atom is 0.100 e. The van der Waals surface area contributed by atoms with Crippen molar-refractivity contribution in [3.05, 3.63) is 28.2 Å². The Morgan fingerprint density at radius 3 is 2.75 bits per heavy atom. The molecule has 2 atom stereocenters. The number of nitrogens with zero attached hydrogens (tertiary/aromatic N) is 2. The molecule has 1 aliphatic rings. The third kappa shape index (κ3) is 2.38. The van der Waals surface area contributed by atoms with Crippen LogP contribution in [-0.2, 0) is 0 Å². The molecule has 0 radical (unpaired) electrons. The number of halogens is 1. The first-order chi connectivity index (χ1) is 7.61. The molecule has 1 aromatic rings. The average molecular weight is 279 g/mol. The average Bonchev–Trinajstić information content (AvgIpc) is 2.94. The van der Waals surface area contributed by atoms with E-state index < -0.39 is 0 Å². The van der Waals surface area contributed by atoms with E-state index in [-0.39, 0.29) is 0 Å². The van der Waals surface area contributed by atoms with Gasteiger partial charge in [0.25, 0.3) is 0 Å². The predicted molar refractivity (Wildman–Crippen MR) is 69.4 cm³/mol. The second kappa shape index (κ2) is 4.47. The molecule has 1 saturated carbocycles. The SMILES string of the molecule is CC1CC1CN(C)c1ccc(C#N)c(Br)c1. The molecule has 2 unspecified atom stereocenters. The van der Waals surface area contributed by atoms with E-state index in [2.05, 4.69) is 40.9 Å². The van der Waals surface area contributed by atoms with Gasteiger partial charge in [0, 0.05) is 23.8 Å². The molecule has 0 spiro atoms. The zero-order valence-electron chi connectivity index (χ0n) is 9.57. The van der Waals surface area contributed by atoms with Gasteiger partial charge in [-0.25, -0.2) is 0 Å². The topological polar surface area (TPSA) is 27.0 Å². The van der Waals surface area contributed by atoms with Gasteiger partial charge in [-0.05, 0) is 52.4 Å². The summed E-state index contributed by atoms with van der Waals surface area (Å²) < 4.78 is 0.878. The van der Waals surface area contributed by atoms with Crippen LogP contribution in [0.15, 0.2) is 22.7 Å². The molecular formula is C13H15BrN2. The summed E-state index contributed by atoms with van der Waals surface area (Å²) in [6.07, 6.45) is 1.35. The highest BCUT2D eigenvalue weighted by Crippen LogP contribution is 2.38. The minimum absolute atomic E-state index is 0.692. The van der Waals surface area contributed by atoms with Crippen molar-refractivity contribution in [2.24, 2.45) is 11.8 Å². The first kappa shape index (κ1) is 11.5. The van der Waals surface area contributed by atoms with Gasteiger partial charge in [-0.15, -0.1) is 0 Å². The Labute approximate surface area is 105 Å².